The van der Waals surface area contributed by atoms with Gasteiger partial charge in [0.15, 0.2) is 0 Å². The van der Waals surface area contributed by atoms with Gasteiger partial charge in [-0.1, -0.05) is 19.1 Å². The van der Waals surface area contributed by atoms with E-state index in [9.17, 15) is 18.7 Å². The maximum atomic E-state index is 13.3. The molecule has 2 rings (SSSR count). The number of aryl methyl sites for hydroxylation is 2. The minimum absolute atomic E-state index is 0.0434. The maximum Gasteiger partial charge on any atom is 0.267 e. The molecule has 0 spiro atoms. The molecule has 0 aliphatic rings. The second-order valence-corrected chi connectivity index (χ2v) is 6.07. The lowest BCUT2D eigenvalue weighted by molar-refractivity contribution is -0.115. The Hall–Kier alpha value is -2.47. The third-order valence-corrected chi connectivity index (χ3v) is 4.27. The summed E-state index contributed by atoms with van der Waals surface area (Å²) in [5.74, 6) is -0.0793. The predicted molar refractivity (Wildman–Crippen MR) is 96.5 cm³/mol. The highest BCUT2D eigenvalue weighted by Crippen LogP contribution is 2.33. The number of rotatable bonds is 7. The Morgan fingerprint density at radius 2 is 1.92 bits per heavy atom. The summed E-state index contributed by atoms with van der Waals surface area (Å²) in [7, 11) is 0. The molecule has 140 valence electrons. The number of carbonyl (C=O) groups excluding carboxylic acids is 1. The van der Waals surface area contributed by atoms with E-state index >= 15 is 0 Å². The van der Waals surface area contributed by atoms with Crippen molar-refractivity contribution in [2.24, 2.45) is 0 Å². The molecule has 2 N–H and O–H groups in total. The Morgan fingerprint density at radius 3 is 2.54 bits per heavy atom. The summed E-state index contributed by atoms with van der Waals surface area (Å²) >= 11 is 0. The standard InChI is InChI=1S/C20H23F2NO3/c1-4-19(25)23-17-7-5-6-14(10-24)16(17)11-26-18-9-13(3)12(2)8-15(18)20(21)22/h5-9,20,24H,4,10-11H2,1-3H3,(H,23,25). The zero-order valence-corrected chi connectivity index (χ0v) is 15.1. The zero-order valence-electron chi connectivity index (χ0n) is 15.1. The maximum absolute atomic E-state index is 13.3. The number of hydrogen-bond acceptors (Lipinski definition) is 3. The van der Waals surface area contributed by atoms with E-state index in [1.807, 2.05) is 6.92 Å². The smallest absolute Gasteiger partial charge is 0.267 e. The number of aliphatic hydroxyl groups is 1. The molecule has 0 bridgehead atoms. The van der Waals surface area contributed by atoms with Crippen LogP contribution in [0.15, 0.2) is 30.3 Å². The van der Waals surface area contributed by atoms with Gasteiger partial charge in [0.25, 0.3) is 6.43 Å². The highest BCUT2D eigenvalue weighted by molar-refractivity contribution is 5.91. The van der Waals surface area contributed by atoms with Crippen molar-refractivity contribution < 1.29 is 23.4 Å². The summed E-state index contributed by atoms with van der Waals surface area (Å²) in [6, 6.07) is 8.12. The molecule has 0 heterocycles. The van der Waals surface area contributed by atoms with Crippen molar-refractivity contribution >= 4 is 11.6 Å². The summed E-state index contributed by atoms with van der Waals surface area (Å²) in [6.45, 7) is 5.03. The molecule has 0 atom stereocenters. The van der Waals surface area contributed by atoms with Crippen LogP contribution >= 0.6 is 0 Å². The molecule has 2 aromatic carbocycles. The molecule has 0 aliphatic heterocycles. The largest absolute Gasteiger partial charge is 0.488 e. The van der Waals surface area contributed by atoms with Gasteiger partial charge < -0.3 is 15.2 Å². The quantitative estimate of drug-likeness (QED) is 0.752. The van der Waals surface area contributed by atoms with Crippen molar-refractivity contribution in [3.05, 3.63) is 58.1 Å². The van der Waals surface area contributed by atoms with Crippen LogP contribution in [0.5, 0.6) is 5.75 Å². The van der Waals surface area contributed by atoms with E-state index in [0.29, 0.717) is 23.2 Å². The normalized spacial score (nSPS) is 10.9. The highest BCUT2D eigenvalue weighted by atomic mass is 19.3. The van der Waals surface area contributed by atoms with Crippen molar-refractivity contribution in [1.82, 2.24) is 0 Å². The van der Waals surface area contributed by atoms with E-state index < -0.39 is 6.43 Å². The Bertz CT molecular complexity index is 791. The molecule has 0 aromatic heterocycles. The highest BCUT2D eigenvalue weighted by Gasteiger charge is 2.17. The molecule has 0 unspecified atom stereocenters. The Balaban J connectivity index is 2.35. The van der Waals surface area contributed by atoms with Gasteiger partial charge in [0, 0.05) is 17.7 Å². The Labute approximate surface area is 151 Å². The van der Waals surface area contributed by atoms with Crippen molar-refractivity contribution in [2.45, 2.75) is 46.8 Å². The van der Waals surface area contributed by atoms with Gasteiger partial charge in [-0.2, -0.15) is 0 Å². The second kappa shape index (κ2) is 8.76. The van der Waals surface area contributed by atoms with E-state index in [1.54, 1.807) is 38.1 Å². The first kappa shape index (κ1) is 19.8. The Morgan fingerprint density at radius 1 is 1.23 bits per heavy atom. The first-order valence-electron chi connectivity index (χ1n) is 8.40. The lowest BCUT2D eigenvalue weighted by Gasteiger charge is -2.18. The molecular formula is C20H23F2NO3. The summed E-state index contributed by atoms with van der Waals surface area (Å²) < 4.78 is 32.3. The molecule has 2 aromatic rings. The first-order chi connectivity index (χ1) is 12.4. The number of nitrogens with one attached hydrogen (secondary N) is 1. The molecule has 0 aliphatic carbocycles. The number of carbonyl (C=O) groups is 1. The van der Waals surface area contributed by atoms with Gasteiger partial charge in [0.05, 0.1) is 12.2 Å². The zero-order chi connectivity index (χ0) is 19.3. The van der Waals surface area contributed by atoms with Crippen LogP contribution in [0.2, 0.25) is 0 Å². The topological polar surface area (TPSA) is 58.6 Å². The third kappa shape index (κ3) is 4.58. The van der Waals surface area contributed by atoms with Crippen molar-refractivity contribution in [2.75, 3.05) is 5.32 Å². The number of alkyl halides is 2. The molecule has 0 fully saturated rings. The third-order valence-electron chi connectivity index (χ3n) is 4.27. The average molecular weight is 363 g/mol. The van der Waals surface area contributed by atoms with Crippen LogP contribution in [-0.2, 0) is 18.0 Å². The number of amides is 1. The lowest BCUT2D eigenvalue weighted by Crippen LogP contribution is -2.14. The van der Waals surface area contributed by atoms with Crippen LogP contribution in [0.3, 0.4) is 0 Å². The van der Waals surface area contributed by atoms with Crippen molar-refractivity contribution in [1.29, 1.82) is 0 Å². The van der Waals surface area contributed by atoms with E-state index in [1.165, 1.54) is 6.07 Å². The van der Waals surface area contributed by atoms with Crippen LogP contribution in [0, 0.1) is 13.8 Å². The van der Waals surface area contributed by atoms with Crippen LogP contribution in [0.25, 0.3) is 0 Å². The minimum Gasteiger partial charge on any atom is -0.488 e. The lowest BCUT2D eigenvalue weighted by atomic mass is 10.0. The Kier molecular flexibility index (Phi) is 6.69. The summed E-state index contributed by atoms with van der Waals surface area (Å²) in [6.07, 6.45) is -2.35. The van der Waals surface area contributed by atoms with Gasteiger partial charge in [-0.3, -0.25) is 4.79 Å². The van der Waals surface area contributed by atoms with E-state index in [-0.39, 0.29) is 30.4 Å². The fourth-order valence-electron chi connectivity index (χ4n) is 2.57. The number of halogens is 2. The van der Waals surface area contributed by atoms with Crippen LogP contribution in [0.1, 0.15) is 47.6 Å². The van der Waals surface area contributed by atoms with E-state index in [0.717, 1.165) is 11.1 Å². The predicted octanol–water partition coefficient (Wildman–Crippen LogP) is 4.66. The number of benzene rings is 2. The van der Waals surface area contributed by atoms with Crippen LogP contribution < -0.4 is 10.1 Å². The van der Waals surface area contributed by atoms with Crippen molar-refractivity contribution in [3.63, 3.8) is 0 Å². The molecule has 26 heavy (non-hydrogen) atoms. The van der Waals surface area contributed by atoms with Crippen molar-refractivity contribution in [3.8, 4) is 5.75 Å². The summed E-state index contributed by atoms with van der Waals surface area (Å²) in [5.41, 5.74) is 3.08. The van der Waals surface area contributed by atoms with Gasteiger partial charge in [0.1, 0.15) is 12.4 Å². The van der Waals surface area contributed by atoms with Crippen LogP contribution in [0.4, 0.5) is 14.5 Å². The van der Waals surface area contributed by atoms with Gasteiger partial charge in [-0.25, -0.2) is 8.78 Å². The molecule has 1 amide bonds. The molecule has 6 heteroatoms. The van der Waals surface area contributed by atoms with Gasteiger partial charge in [-0.15, -0.1) is 0 Å². The summed E-state index contributed by atoms with van der Waals surface area (Å²) in [5, 5.41) is 12.3. The molecule has 0 saturated carbocycles. The van der Waals surface area contributed by atoms with Crippen LogP contribution in [-0.4, -0.2) is 11.0 Å². The van der Waals surface area contributed by atoms with E-state index in [4.69, 9.17) is 4.74 Å². The number of anilines is 1. The fraction of sp³-hybridized carbons (Fsp3) is 0.350. The summed E-state index contributed by atoms with van der Waals surface area (Å²) in [4.78, 5) is 11.7. The fourth-order valence-corrected chi connectivity index (χ4v) is 2.57. The SMILES string of the molecule is CCC(=O)Nc1cccc(CO)c1COc1cc(C)c(C)cc1C(F)F. The molecule has 4 nitrogen and oxygen atoms in total. The molecular weight excluding hydrogens is 340 g/mol. The minimum atomic E-state index is -2.66. The number of hydrogen-bond donors (Lipinski definition) is 2. The molecule has 0 radical (unpaired) electrons. The number of aliphatic hydroxyl groups excluding tert-OH is 1. The molecule has 0 saturated heterocycles. The monoisotopic (exact) mass is 363 g/mol. The van der Waals surface area contributed by atoms with E-state index in [2.05, 4.69) is 5.32 Å². The van der Waals surface area contributed by atoms with Gasteiger partial charge in [-0.05, 0) is 48.7 Å². The second-order valence-electron chi connectivity index (χ2n) is 6.07. The first-order valence-corrected chi connectivity index (χ1v) is 8.40. The van der Waals surface area contributed by atoms with Gasteiger partial charge in [0.2, 0.25) is 5.91 Å². The average Bonchev–Trinajstić information content (AvgIpc) is 2.62. The van der Waals surface area contributed by atoms with Gasteiger partial charge >= 0.3 is 0 Å². The number of ether oxygens (including phenoxy) is 1.